The minimum absolute atomic E-state index is 0.998. The van der Waals surface area contributed by atoms with E-state index in [0.717, 1.165) is 5.69 Å². The molecule has 1 aromatic carbocycles. The van der Waals surface area contributed by atoms with Gasteiger partial charge in [-0.25, -0.2) is 0 Å². The van der Waals surface area contributed by atoms with Gasteiger partial charge in [-0.1, -0.05) is 24.3 Å². The second-order valence-corrected chi connectivity index (χ2v) is 2.28. The average molecular weight is 160 g/mol. The van der Waals surface area contributed by atoms with Crippen LogP contribution in [0.1, 0.15) is 6.92 Å². The Bertz CT molecular complexity index is 262. The fraction of sp³-hybridized carbons (Fsp3) is 0.100. The van der Waals surface area contributed by atoms with Crippen LogP contribution in [0.4, 0.5) is 5.69 Å². The van der Waals surface area contributed by atoms with Gasteiger partial charge in [-0.05, 0) is 25.1 Å². The van der Waals surface area contributed by atoms with Crippen molar-refractivity contribution in [3.8, 4) is 0 Å². The number of hydrogen-bond donors (Lipinski definition) is 1. The first-order chi connectivity index (χ1) is 5.93. The lowest BCUT2D eigenvalue weighted by Crippen LogP contribution is -1.86. The van der Waals surface area contributed by atoms with Crippen LogP contribution in [-0.4, -0.2) is 6.21 Å². The number of allylic oxidation sites excluding steroid dienone is 2. The van der Waals surface area contributed by atoms with E-state index in [0.29, 0.717) is 0 Å². The van der Waals surface area contributed by atoms with Gasteiger partial charge in [-0.3, -0.25) is 5.43 Å². The molecule has 0 heterocycles. The van der Waals surface area contributed by atoms with Gasteiger partial charge in [0.25, 0.3) is 0 Å². The summed E-state index contributed by atoms with van der Waals surface area (Å²) >= 11 is 0. The van der Waals surface area contributed by atoms with Crippen LogP contribution in [0.15, 0.2) is 47.6 Å². The maximum Gasteiger partial charge on any atom is 0.0561 e. The summed E-state index contributed by atoms with van der Waals surface area (Å²) in [5.41, 5.74) is 3.90. The fourth-order valence-electron chi connectivity index (χ4n) is 0.754. The smallest absolute Gasteiger partial charge is 0.0561 e. The first kappa shape index (κ1) is 8.53. The van der Waals surface area contributed by atoms with Crippen LogP contribution >= 0.6 is 0 Å². The van der Waals surface area contributed by atoms with Crippen LogP contribution in [0.25, 0.3) is 0 Å². The van der Waals surface area contributed by atoms with Crippen molar-refractivity contribution in [3.63, 3.8) is 0 Å². The lowest BCUT2D eigenvalue weighted by molar-refractivity contribution is 1.35. The molecule has 0 saturated carbocycles. The monoisotopic (exact) mass is 160 g/mol. The van der Waals surface area contributed by atoms with E-state index in [9.17, 15) is 0 Å². The predicted octanol–water partition coefficient (Wildman–Crippen LogP) is 2.66. The Kier molecular flexibility index (Phi) is 3.64. The summed E-state index contributed by atoms with van der Waals surface area (Å²) < 4.78 is 0. The Labute approximate surface area is 72.6 Å². The molecule has 0 spiro atoms. The minimum Gasteiger partial charge on any atom is -0.279 e. The Morgan fingerprint density at radius 2 is 2.00 bits per heavy atom. The lowest BCUT2D eigenvalue weighted by Gasteiger charge is -1.96. The molecule has 12 heavy (non-hydrogen) atoms. The third kappa shape index (κ3) is 3.01. The van der Waals surface area contributed by atoms with Crippen molar-refractivity contribution in [1.29, 1.82) is 0 Å². The van der Waals surface area contributed by atoms with Crippen molar-refractivity contribution in [2.24, 2.45) is 5.10 Å². The van der Waals surface area contributed by atoms with Gasteiger partial charge in [0.1, 0.15) is 0 Å². The van der Waals surface area contributed by atoms with Crippen molar-refractivity contribution >= 4 is 11.9 Å². The van der Waals surface area contributed by atoms with Gasteiger partial charge < -0.3 is 0 Å². The quantitative estimate of drug-likeness (QED) is 0.533. The van der Waals surface area contributed by atoms with Crippen LogP contribution in [-0.2, 0) is 0 Å². The van der Waals surface area contributed by atoms with Gasteiger partial charge >= 0.3 is 0 Å². The number of rotatable bonds is 3. The van der Waals surface area contributed by atoms with Gasteiger partial charge in [0.15, 0.2) is 0 Å². The van der Waals surface area contributed by atoms with Gasteiger partial charge in [0.05, 0.1) is 5.69 Å². The zero-order valence-electron chi connectivity index (χ0n) is 7.07. The predicted molar refractivity (Wildman–Crippen MR) is 53.4 cm³/mol. The molecule has 0 bridgehead atoms. The molecule has 0 saturated heterocycles. The summed E-state index contributed by atoms with van der Waals surface area (Å²) in [6.07, 6.45) is 5.51. The molecule has 0 amide bonds. The first-order valence-electron chi connectivity index (χ1n) is 3.89. The summed E-state index contributed by atoms with van der Waals surface area (Å²) in [5, 5.41) is 3.97. The number of nitrogens with zero attached hydrogens (tertiary/aromatic N) is 1. The van der Waals surface area contributed by atoms with Gasteiger partial charge in [-0.15, -0.1) is 0 Å². The molecule has 2 heteroatoms. The van der Waals surface area contributed by atoms with Crippen molar-refractivity contribution in [2.75, 3.05) is 5.43 Å². The highest BCUT2D eigenvalue weighted by molar-refractivity contribution is 5.71. The van der Waals surface area contributed by atoms with Gasteiger partial charge in [0.2, 0.25) is 0 Å². The Morgan fingerprint density at radius 3 is 2.67 bits per heavy atom. The molecule has 0 aliphatic heterocycles. The summed E-state index contributed by atoms with van der Waals surface area (Å²) in [7, 11) is 0. The Morgan fingerprint density at radius 1 is 1.25 bits per heavy atom. The molecule has 0 aromatic heterocycles. The minimum atomic E-state index is 0.998. The van der Waals surface area contributed by atoms with Gasteiger partial charge in [-0.2, -0.15) is 5.10 Å². The highest BCUT2D eigenvalue weighted by Gasteiger charge is 1.81. The van der Waals surface area contributed by atoms with Crippen LogP contribution < -0.4 is 5.43 Å². The summed E-state index contributed by atoms with van der Waals surface area (Å²) in [5.74, 6) is 0. The van der Waals surface area contributed by atoms with E-state index in [-0.39, 0.29) is 0 Å². The second-order valence-electron chi connectivity index (χ2n) is 2.28. The number of hydrogen-bond acceptors (Lipinski definition) is 2. The molecule has 0 fully saturated rings. The van der Waals surface area contributed by atoms with Crippen molar-refractivity contribution in [1.82, 2.24) is 0 Å². The molecule has 0 aliphatic carbocycles. The molecule has 1 aromatic rings. The third-order valence-electron chi connectivity index (χ3n) is 1.32. The maximum absolute atomic E-state index is 3.97. The zero-order valence-corrected chi connectivity index (χ0v) is 7.07. The van der Waals surface area contributed by atoms with E-state index in [1.54, 1.807) is 6.21 Å². The largest absolute Gasteiger partial charge is 0.279 e. The van der Waals surface area contributed by atoms with E-state index < -0.39 is 0 Å². The molecule has 62 valence electrons. The number of anilines is 1. The zero-order chi connectivity index (χ0) is 8.65. The SMILES string of the molecule is C/C=C/C=N/Nc1ccccc1. The van der Waals surface area contributed by atoms with E-state index in [1.807, 2.05) is 49.4 Å². The second kappa shape index (κ2) is 5.13. The molecule has 0 aliphatic rings. The number of hydrazone groups is 1. The standard InChI is InChI=1S/C10H12N2/c1-2-3-9-11-12-10-7-5-4-6-8-10/h2-9,12H,1H3/b3-2+,11-9+. The molecule has 0 radical (unpaired) electrons. The number of para-hydroxylation sites is 1. The molecule has 0 atom stereocenters. The van der Waals surface area contributed by atoms with Crippen LogP contribution in [0.2, 0.25) is 0 Å². The van der Waals surface area contributed by atoms with Crippen molar-refractivity contribution < 1.29 is 0 Å². The summed E-state index contributed by atoms with van der Waals surface area (Å²) in [6, 6.07) is 9.84. The summed E-state index contributed by atoms with van der Waals surface area (Å²) in [6.45, 7) is 1.95. The first-order valence-corrected chi connectivity index (χ1v) is 3.89. The van der Waals surface area contributed by atoms with E-state index in [4.69, 9.17) is 0 Å². The Hall–Kier alpha value is -1.57. The maximum atomic E-state index is 3.97. The van der Waals surface area contributed by atoms with Crippen LogP contribution in [0, 0.1) is 0 Å². The molecule has 0 unspecified atom stereocenters. The topological polar surface area (TPSA) is 24.4 Å². The van der Waals surface area contributed by atoms with E-state index in [2.05, 4.69) is 10.5 Å². The van der Waals surface area contributed by atoms with Crippen molar-refractivity contribution in [3.05, 3.63) is 42.5 Å². The average Bonchev–Trinajstić information content (AvgIpc) is 2.14. The third-order valence-corrected chi connectivity index (χ3v) is 1.32. The van der Waals surface area contributed by atoms with Crippen LogP contribution in [0.5, 0.6) is 0 Å². The van der Waals surface area contributed by atoms with Crippen molar-refractivity contribution in [2.45, 2.75) is 6.92 Å². The lowest BCUT2D eigenvalue weighted by atomic mass is 10.3. The molecule has 1 N–H and O–H groups in total. The van der Waals surface area contributed by atoms with Gasteiger partial charge in [0, 0.05) is 6.21 Å². The van der Waals surface area contributed by atoms with E-state index >= 15 is 0 Å². The fourth-order valence-corrected chi connectivity index (χ4v) is 0.754. The molecule has 1 rings (SSSR count). The van der Waals surface area contributed by atoms with Crippen LogP contribution in [0.3, 0.4) is 0 Å². The summed E-state index contributed by atoms with van der Waals surface area (Å²) in [4.78, 5) is 0. The molecular formula is C10H12N2. The Balaban J connectivity index is 2.43. The number of nitrogens with one attached hydrogen (secondary N) is 1. The molecular weight excluding hydrogens is 148 g/mol. The van der Waals surface area contributed by atoms with E-state index in [1.165, 1.54) is 0 Å². The number of benzene rings is 1. The highest BCUT2D eigenvalue weighted by atomic mass is 15.3. The molecule has 2 nitrogen and oxygen atoms in total. The normalized spacial score (nSPS) is 11.1. The highest BCUT2D eigenvalue weighted by Crippen LogP contribution is 2.03.